The van der Waals surface area contributed by atoms with Crippen molar-refractivity contribution in [1.82, 2.24) is 10.2 Å². The summed E-state index contributed by atoms with van der Waals surface area (Å²) < 4.78 is 0. The van der Waals surface area contributed by atoms with Crippen LogP contribution in [-0.4, -0.2) is 37.0 Å². The lowest BCUT2D eigenvalue weighted by Crippen LogP contribution is -2.42. The molecule has 0 heterocycles. The molecule has 0 aliphatic heterocycles. The van der Waals surface area contributed by atoms with Crippen LogP contribution in [0.5, 0.6) is 0 Å². The Morgan fingerprint density at radius 2 is 2.13 bits per heavy atom. The summed E-state index contributed by atoms with van der Waals surface area (Å²) in [5.41, 5.74) is 0. The average Bonchev–Trinajstić information content (AvgIpc) is 2.16. The van der Waals surface area contributed by atoms with Gasteiger partial charge in [0.2, 0.25) is 5.91 Å². The first-order chi connectivity index (χ1) is 7.27. The fraction of sp³-hybridized carbons (Fsp3) is 0.917. The highest BCUT2D eigenvalue weighted by Crippen LogP contribution is 2.26. The molecule has 1 fully saturated rings. The maximum Gasteiger partial charge on any atom is 0.236 e. The molecule has 0 aromatic heterocycles. The number of amides is 1. The number of carbonyl (C=O) groups excluding carboxylic acids is 1. The molecule has 15 heavy (non-hydrogen) atoms. The molecule has 0 bridgehead atoms. The third-order valence-electron chi connectivity index (χ3n) is 3.14. The van der Waals surface area contributed by atoms with Crippen molar-refractivity contribution in [3.8, 4) is 0 Å². The summed E-state index contributed by atoms with van der Waals surface area (Å²) in [7, 11) is 0. The Morgan fingerprint density at radius 1 is 1.40 bits per heavy atom. The van der Waals surface area contributed by atoms with Crippen LogP contribution in [0.1, 0.15) is 39.5 Å². The molecule has 1 saturated carbocycles. The van der Waals surface area contributed by atoms with Gasteiger partial charge < -0.3 is 10.2 Å². The second-order valence-electron chi connectivity index (χ2n) is 4.41. The predicted molar refractivity (Wildman–Crippen MR) is 62.8 cm³/mol. The molecule has 1 N–H and O–H groups in total. The van der Waals surface area contributed by atoms with Crippen LogP contribution in [0.4, 0.5) is 0 Å². The number of nitrogens with zero attached hydrogens (tertiary/aromatic N) is 1. The largest absolute Gasteiger partial charge is 0.342 e. The average molecular weight is 212 g/mol. The van der Waals surface area contributed by atoms with Gasteiger partial charge in [0.25, 0.3) is 0 Å². The zero-order valence-corrected chi connectivity index (χ0v) is 10.1. The summed E-state index contributed by atoms with van der Waals surface area (Å²) in [5, 5.41) is 3.17. The number of carbonyl (C=O) groups is 1. The molecule has 0 unspecified atom stereocenters. The van der Waals surface area contributed by atoms with Crippen LogP contribution < -0.4 is 5.32 Å². The van der Waals surface area contributed by atoms with E-state index in [4.69, 9.17) is 0 Å². The van der Waals surface area contributed by atoms with E-state index in [9.17, 15) is 4.79 Å². The zero-order chi connectivity index (χ0) is 11.1. The van der Waals surface area contributed by atoms with E-state index in [-0.39, 0.29) is 5.91 Å². The van der Waals surface area contributed by atoms with Crippen LogP contribution in [0.15, 0.2) is 0 Å². The molecule has 1 aliphatic rings. The van der Waals surface area contributed by atoms with Gasteiger partial charge in [-0.3, -0.25) is 4.79 Å². The molecule has 88 valence electrons. The van der Waals surface area contributed by atoms with Crippen molar-refractivity contribution >= 4 is 5.91 Å². The molecule has 1 amide bonds. The van der Waals surface area contributed by atoms with Gasteiger partial charge in [0.15, 0.2) is 0 Å². The van der Waals surface area contributed by atoms with Gasteiger partial charge in [-0.15, -0.1) is 0 Å². The van der Waals surface area contributed by atoms with Crippen molar-refractivity contribution in [3.63, 3.8) is 0 Å². The van der Waals surface area contributed by atoms with Crippen molar-refractivity contribution in [2.75, 3.05) is 26.2 Å². The summed E-state index contributed by atoms with van der Waals surface area (Å²) in [6, 6.07) is 0. The molecular formula is C12H24N2O. The van der Waals surface area contributed by atoms with Gasteiger partial charge in [-0.1, -0.05) is 13.3 Å². The van der Waals surface area contributed by atoms with E-state index in [0.717, 1.165) is 32.0 Å². The molecule has 3 nitrogen and oxygen atoms in total. The fourth-order valence-corrected chi connectivity index (χ4v) is 1.88. The molecule has 0 atom stereocenters. The highest BCUT2D eigenvalue weighted by molar-refractivity contribution is 5.78. The Hall–Kier alpha value is -0.570. The number of rotatable bonds is 7. The standard InChI is InChI=1S/C12H24N2O/c1-3-8-13-9-12(15)14(4-2)10-11-6-5-7-11/h11,13H,3-10H2,1-2H3. The lowest BCUT2D eigenvalue weighted by molar-refractivity contribution is -0.131. The quantitative estimate of drug-likeness (QED) is 0.651. The van der Waals surface area contributed by atoms with Crippen molar-refractivity contribution in [3.05, 3.63) is 0 Å². The molecule has 0 aromatic carbocycles. The molecule has 0 radical (unpaired) electrons. The Bertz CT molecular complexity index is 190. The number of hydrogen-bond donors (Lipinski definition) is 1. The topological polar surface area (TPSA) is 32.3 Å². The Morgan fingerprint density at radius 3 is 2.60 bits per heavy atom. The van der Waals surface area contributed by atoms with Gasteiger partial charge >= 0.3 is 0 Å². The molecule has 0 spiro atoms. The van der Waals surface area contributed by atoms with Gasteiger partial charge in [0.05, 0.1) is 6.54 Å². The summed E-state index contributed by atoms with van der Waals surface area (Å²) in [4.78, 5) is 13.8. The van der Waals surface area contributed by atoms with E-state index >= 15 is 0 Å². The van der Waals surface area contributed by atoms with Gasteiger partial charge in [0.1, 0.15) is 0 Å². The second kappa shape index (κ2) is 6.83. The maximum atomic E-state index is 11.8. The number of hydrogen-bond acceptors (Lipinski definition) is 2. The van der Waals surface area contributed by atoms with Crippen LogP contribution >= 0.6 is 0 Å². The van der Waals surface area contributed by atoms with Crippen molar-refractivity contribution < 1.29 is 4.79 Å². The van der Waals surface area contributed by atoms with Gasteiger partial charge in [-0.05, 0) is 38.6 Å². The van der Waals surface area contributed by atoms with Crippen LogP contribution in [0.3, 0.4) is 0 Å². The minimum atomic E-state index is 0.262. The van der Waals surface area contributed by atoms with Gasteiger partial charge in [0, 0.05) is 13.1 Å². The van der Waals surface area contributed by atoms with E-state index in [2.05, 4.69) is 19.2 Å². The van der Waals surface area contributed by atoms with Gasteiger partial charge in [-0.2, -0.15) is 0 Å². The normalized spacial score (nSPS) is 16.1. The van der Waals surface area contributed by atoms with E-state index in [1.54, 1.807) is 0 Å². The first-order valence-electron chi connectivity index (χ1n) is 6.26. The smallest absolute Gasteiger partial charge is 0.236 e. The second-order valence-corrected chi connectivity index (χ2v) is 4.41. The lowest BCUT2D eigenvalue weighted by atomic mass is 9.85. The number of nitrogens with one attached hydrogen (secondary N) is 1. The van der Waals surface area contributed by atoms with E-state index in [1.807, 2.05) is 4.90 Å². The van der Waals surface area contributed by atoms with Crippen LogP contribution in [0.25, 0.3) is 0 Å². The first-order valence-corrected chi connectivity index (χ1v) is 6.26. The third kappa shape index (κ3) is 4.20. The third-order valence-corrected chi connectivity index (χ3v) is 3.14. The number of likely N-dealkylation sites (N-methyl/N-ethyl adjacent to an activating group) is 1. The maximum absolute atomic E-state index is 11.8. The van der Waals surface area contributed by atoms with Crippen LogP contribution in [-0.2, 0) is 4.79 Å². The Balaban J connectivity index is 2.19. The summed E-state index contributed by atoms with van der Waals surface area (Å²) in [6.45, 7) is 7.45. The lowest BCUT2D eigenvalue weighted by Gasteiger charge is -2.31. The van der Waals surface area contributed by atoms with E-state index in [0.29, 0.717) is 6.54 Å². The SMILES string of the molecule is CCCNCC(=O)N(CC)CC1CCC1. The Kier molecular flexibility index (Phi) is 5.69. The molecule has 1 rings (SSSR count). The van der Waals surface area contributed by atoms with Gasteiger partial charge in [-0.25, -0.2) is 0 Å². The van der Waals surface area contributed by atoms with E-state index < -0.39 is 0 Å². The van der Waals surface area contributed by atoms with Crippen LogP contribution in [0.2, 0.25) is 0 Å². The predicted octanol–water partition coefficient (Wildman–Crippen LogP) is 1.63. The zero-order valence-electron chi connectivity index (χ0n) is 10.1. The summed E-state index contributed by atoms with van der Waals surface area (Å²) >= 11 is 0. The summed E-state index contributed by atoms with van der Waals surface area (Å²) in [6.07, 6.45) is 5.06. The molecule has 0 saturated heterocycles. The Labute approximate surface area is 93.2 Å². The van der Waals surface area contributed by atoms with Crippen LogP contribution in [0, 0.1) is 5.92 Å². The van der Waals surface area contributed by atoms with Crippen molar-refractivity contribution in [2.45, 2.75) is 39.5 Å². The molecule has 1 aliphatic carbocycles. The molecule has 0 aromatic rings. The van der Waals surface area contributed by atoms with E-state index in [1.165, 1.54) is 19.3 Å². The first kappa shape index (κ1) is 12.5. The molecular weight excluding hydrogens is 188 g/mol. The summed E-state index contributed by atoms with van der Waals surface area (Å²) in [5.74, 6) is 1.04. The fourth-order valence-electron chi connectivity index (χ4n) is 1.88. The minimum Gasteiger partial charge on any atom is -0.342 e. The monoisotopic (exact) mass is 212 g/mol. The minimum absolute atomic E-state index is 0.262. The molecule has 3 heteroatoms. The highest BCUT2D eigenvalue weighted by atomic mass is 16.2. The van der Waals surface area contributed by atoms with Crippen molar-refractivity contribution in [2.24, 2.45) is 5.92 Å². The highest BCUT2D eigenvalue weighted by Gasteiger charge is 2.22. The van der Waals surface area contributed by atoms with Crippen molar-refractivity contribution in [1.29, 1.82) is 0 Å².